The van der Waals surface area contributed by atoms with Gasteiger partial charge in [0.05, 0.1) is 6.42 Å². The number of nitrogens with zero attached hydrogens (tertiary/aromatic N) is 1. The molecule has 0 fully saturated rings. The topological polar surface area (TPSA) is 57.6 Å². The van der Waals surface area contributed by atoms with Crippen molar-refractivity contribution in [3.05, 3.63) is 0 Å². The highest BCUT2D eigenvalue weighted by atomic mass is 16.4. The number of carbonyl (C=O) groups excluding carboxylic acids is 1. The fourth-order valence-electron chi connectivity index (χ4n) is 5.19. The molecule has 1 N–H and O–H groups in total. The number of carboxylic acids is 1. The molecule has 0 aliphatic carbocycles. The van der Waals surface area contributed by atoms with Gasteiger partial charge in [-0.05, 0) is 12.8 Å². The Kier molecular flexibility index (Phi) is 28.7. The molecule has 0 saturated carbocycles. The van der Waals surface area contributed by atoms with Crippen LogP contribution in [0.3, 0.4) is 0 Å². The molecule has 37 heavy (non-hydrogen) atoms. The lowest BCUT2D eigenvalue weighted by molar-refractivity contribution is -0.138. The van der Waals surface area contributed by atoms with Crippen molar-refractivity contribution in [1.29, 1.82) is 0 Å². The van der Waals surface area contributed by atoms with Gasteiger partial charge in [-0.15, -0.1) is 0 Å². The van der Waals surface area contributed by atoms with Crippen LogP contribution >= 0.6 is 0 Å². The third-order valence-electron chi connectivity index (χ3n) is 7.72. The van der Waals surface area contributed by atoms with Crippen LogP contribution < -0.4 is 0 Å². The lowest BCUT2D eigenvalue weighted by atomic mass is 10.0. The molecule has 4 nitrogen and oxygen atoms in total. The van der Waals surface area contributed by atoms with E-state index in [0.29, 0.717) is 13.0 Å². The second kappa shape index (κ2) is 29.5. The quantitative estimate of drug-likeness (QED) is 0.0952. The van der Waals surface area contributed by atoms with Gasteiger partial charge < -0.3 is 10.0 Å². The summed E-state index contributed by atoms with van der Waals surface area (Å²) in [5.74, 6) is -0.653. The van der Waals surface area contributed by atoms with Gasteiger partial charge in [0, 0.05) is 19.5 Å². The fraction of sp³-hybridized carbons (Fsp3) is 0.939. The van der Waals surface area contributed by atoms with Gasteiger partial charge in [-0.1, -0.05) is 162 Å². The van der Waals surface area contributed by atoms with Crippen molar-refractivity contribution in [2.45, 2.75) is 187 Å². The van der Waals surface area contributed by atoms with Crippen LogP contribution in [-0.2, 0) is 9.59 Å². The van der Waals surface area contributed by atoms with Crippen LogP contribution in [-0.4, -0.2) is 35.0 Å². The summed E-state index contributed by atoms with van der Waals surface area (Å²) in [4.78, 5) is 25.6. The lowest BCUT2D eigenvalue weighted by Gasteiger charge is -2.22. The minimum atomic E-state index is -0.812. The Morgan fingerprint density at radius 1 is 0.432 bits per heavy atom. The van der Waals surface area contributed by atoms with Crippen LogP contribution in [0.2, 0.25) is 0 Å². The molecule has 0 aromatic carbocycles. The highest BCUT2D eigenvalue weighted by Gasteiger charge is 2.14. The van der Waals surface area contributed by atoms with E-state index in [-0.39, 0.29) is 12.3 Å². The molecule has 0 unspecified atom stereocenters. The van der Waals surface area contributed by atoms with Crippen LogP contribution in [0.1, 0.15) is 187 Å². The zero-order chi connectivity index (χ0) is 27.2. The van der Waals surface area contributed by atoms with Gasteiger partial charge in [0.25, 0.3) is 0 Å². The molecule has 0 radical (unpaired) electrons. The standard InChI is InChI=1S/C33H65NO3/c1-3-5-7-9-11-13-15-16-17-18-19-20-22-24-26-28-32(35)34(31-29-33(36)37)30-27-25-23-21-14-12-10-8-6-4-2/h3-31H2,1-2H3,(H,36,37). The molecule has 0 aliphatic heterocycles. The molecular formula is C33H65NO3. The molecule has 0 atom stereocenters. The van der Waals surface area contributed by atoms with Gasteiger partial charge in [-0.2, -0.15) is 0 Å². The Labute approximate surface area is 231 Å². The first-order valence-electron chi connectivity index (χ1n) is 16.6. The number of carbonyl (C=O) groups is 2. The van der Waals surface area contributed by atoms with Gasteiger partial charge in [0.15, 0.2) is 0 Å². The molecule has 0 rings (SSSR count). The number of unbranched alkanes of at least 4 members (excludes halogenated alkanes) is 23. The predicted octanol–water partition coefficient (Wildman–Crippen LogP) is 10.5. The third kappa shape index (κ3) is 27.8. The number of hydrogen-bond donors (Lipinski definition) is 1. The van der Waals surface area contributed by atoms with E-state index < -0.39 is 5.97 Å². The second-order valence-electron chi connectivity index (χ2n) is 11.4. The third-order valence-corrected chi connectivity index (χ3v) is 7.72. The Hall–Kier alpha value is -1.06. The number of rotatable bonds is 30. The first-order valence-corrected chi connectivity index (χ1v) is 16.6. The summed E-state index contributed by atoms with van der Waals surface area (Å²) < 4.78 is 0. The Morgan fingerprint density at radius 2 is 0.757 bits per heavy atom. The average Bonchev–Trinajstić information content (AvgIpc) is 2.88. The molecule has 0 aromatic rings. The minimum absolute atomic E-state index is 0.0579. The first kappa shape index (κ1) is 35.9. The van der Waals surface area contributed by atoms with Gasteiger partial charge in [0.2, 0.25) is 5.91 Å². The molecule has 0 saturated heterocycles. The van der Waals surface area contributed by atoms with Gasteiger partial charge in [0.1, 0.15) is 0 Å². The molecule has 0 aromatic heterocycles. The zero-order valence-electron chi connectivity index (χ0n) is 25.2. The van der Waals surface area contributed by atoms with E-state index in [2.05, 4.69) is 13.8 Å². The smallest absolute Gasteiger partial charge is 0.305 e. The summed E-state index contributed by atoms with van der Waals surface area (Å²) in [6.45, 7) is 5.62. The van der Waals surface area contributed by atoms with Crippen LogP contribution in [0.15, 0.2) is 0 Å². The van der Waals surface area contributed by atoms with Crippen molar-refractivity contribution in [2.75, 3.05) is 13.1 Å². The van der Waals surface area contributed by atoms with E-state index in [1.807, 2.05) is 4.90 Å². The maximum absolute atomic E-state index is 12.7. The van der Waals surface area contributed by atoms with E-state index >= 15 is 0 Å². The second-order valence-corrected chi connectivity index (χ2v) is 11.4. The van der Waals surface area contributed by atoms with E-state index in [0.717, 1.165) is 32.2 Å². The summed E-state index contributed by atoms with van der Waals surface area (Å²) >= 11 is 0. The number of amides is 1. The maximum Gasteiger partial charge on any atom is 0.305 e. The normalized spacial score (nSPS) is 11.2. The van der Waals surface area contributed by atoms with Crippen LogP contribution in [0.4, 0.5) is 0 Å². The number of hydrogen-bond acceptors (Lipinski definition) is 2. The SMILES string of the molecule is CCCCCCCCCCCCCCCCCC(=O)N(CCCCCCCCCCCC)CCC(=O)O. The monoisotopic (exact) mass is 523 g/mol. The van der Waals surface area contributed by atoms with Crippen LogP contribution in [0, 0.1) is 0 Å². The van der Waals surface area contributed by atoms with Crippen LogP contribution in [0.25, 0.3) is 0 Å². The van der Waals surface area contributed by atoms with E-state index in [4.69, 9.17) is 5.11 Å². The first-order chi connectivity index (χ1) is 18.1. The average molecular weight is 524 g/mol. The molecule has 0 bridgehead atoms. The van der Waals surface area contributed by atoms with Crippen molar-refractivity contribution in [3.63, 3.8) is 0 Å². The van der Waals surface area contributed by atoms with Crippen LogP contribution in [0.5, 0.6) is 0 Å². The Bertz CT molecular complexity index is 494. The fourth-order valence-corrected chi connectivity index (χ4v) is 5.19. The summed E-state index contributed by atoms with van der Waals surface area (Å²) in [6, 6.07) is 0. The summed E-state index contributed by atoms with van der Waals surface area (Å²) in [6.07, 6.45) is 33.2. The molecule has 1 amide bonds. The molecule has 220 valence electrons. The molecule has 0 aliphatic rings. The van der Waals surface area contributed by atoms with E-state index in [1.54, 1.807) is 0 Å². The highest BCUT2D eigenvalue weighted by Crippen LogP contribution is 2.15. The summed E-state index contributed by atoms with van der Waals surface area (Å²) in [5, 5.41) is 9.07. The Morgan fingerprint density at radius 3 is 1.11 bits per heavy atom. The summed E-state index contributed by atoms with van der Waals surface area (Å²) in [5.41, 5.74) is 0. The van der Waals surface area contributed by atoms with Gasteiger partial charge >= 0.3 is 5.97 Å². The molecule has 0 spiro atoms. The summed E-state index contributed by atoms with van der Waals surface area (Å²) in [7, 11) is 0. The zero-order valence-corrected chi connectivity index (χ0v) is 25.2. The van der Waals surface area contributed by atoms with Crippen molar-refractivity contribution in [3.8, 4) is 0 Å². The van der Waals surface area contributed by atoms with E-state index in [9.17, 15) is 9.59 Å². The van der Waals surface area contributed by atoms with Crippen molar-refractivity contribution in [2.24, 2.45) is 0 Å². The lowest BCUT2D eigenvalue weighted by Crippen LogP contribution is -2.33. The van der Waals surface area contributed by atoms with Crippen molar-refractivity contribution in [1.82, 2.24) is 4.90 Å². The van der Waals surface area contributed by atoms with E-state index in [1.165, 1.54) is 135 Å². The molecule has 0 heterocycles. The molecule has 4 heteroatoms. The van der Waals surface area contributed by atoms with Crippen molar-refractivity contribution >= 4 is 11.9 Å². The highest BCUT2D eigenvalue weighted by molar-refractivity contribution is 5.77. The maximum atomic E-state index is 12.7. The van der Waals surface area contributed by atoms with Gasteiger partial charge in [-0.25, -0.2) is 0 Å². The molecular weight excluding hydrogens is 458 g/mol. The number of carboxylic acid groups (broad SMARTS) is 1. The Balaban J connectivity index is 3.73. The van der Waals surface area contributed by atoms with Gasteiger partial charge in [-0.3, -0.25) is 9.59 Å². The number of aliphatic carboxylic acids is 1. The largest absolute Gasteiger partial charge is 0.481 e. The van der Waals surface area contributed by atoms with Crippen molar-refractivity contribution < 1.29 is 14.7 Å². The minimum Gasteiger partial charge on any atom is -0.481 e. The predicted molar refractivity (Wildman–Crippen MR) is 160 cm³/mol.